The first kappa shape index (κ1) is 12.2. The molecular weight excluding hydrogens is 240 g/mol. The summed E-state index contributed by atoms with van der Waals surface area (Å²) in [7, 11) is 0. The molecule has 0 saturated carbocycles. The molecule has 4 nitrogen and oxygen atoms in total. The van der Waals surface area contributed by atoms with Gasteiger partial charge in [-0.3, -0.25) is 4.90 Å². The van der Waals surface area contributed by atoms with E-state index in [1.165, 1.54) is 4.90 Å². The number of hydrogen-bond acceptors (Lipinski definition) is 2. The molecule has 1 aromatic carbocycles. The Morgan fingerprint density at radius 3 is 2.35 bits per heavy atom. The van der Waals surface area contributed by atoms with Crippen LogP contribution in [-0.4, -0.2) is 22.4 Å². The van der Waals surface area contributed by atoms with Gasteiger partial charge in [0, 0.05) is 0 Å². The first-order valence-electron chi connectivity index (χ1n) is 5.36. The van der Waals surface area contributed by atoms with Gasteiger partial charge >= 0.3 is 6.03 Å². The number of nitrogens with one attached hydrogen (secondary N) is 1. The van der Waals surface area contributed by atoms with E-state index in [0.29, 0.717) is 10.7 Å². The van der Waals surface area contributed by atoms with Crippen molar-refractivity contribution in [2.45, 2.75) is 32.0 Å². The summed E-state index contributed by atoms with van der Waals surface area (Å²) in [5.74, 6) is 0. The molecule has 17 heavy (non-hydrogen) atoms. The average molecular weight is 255 g/mol. The molecule has 5 heteroatoms. The van der Waals surface area contributed by atoms with Crippen LogP contribution in [0.25, 0.3) is 0 Å². The summed E-state index contributed by atoms with van der Waals surface area (Å²) in [5.41, 5.74) is -1.58. The van der Waals surface area contributed by atoms with E-state index in [4.69, 9.17) is 11.6 Å². The minimum Gasteiger partial charge on any atom is -0.368 e. The van der Waals surface area contributed by atoms with Crippen LogP contribution >= 0.6 is 11.6 Å². The molecule has 0 spiro atoms. The van der Waals surface area contributed by atoms with Gasteiger partial charge in [-0.15, -0.1) is 0 Å². The van der Waals surface area contributed by atoms with Crippen molar-refractivity contribution in [1.82, 2.24) is 5.32 Å². The van der Waals surface area contributed by atoms with E-state index in [2.05, 4.69) is 5.32 Å². The fourth-order valence-corrected chi connectivity index (χ4v) is 2.12. The van der Waals surface area contributed by atoms with Gasteiger partial charge in [0.2, 0.25) is 0 Å². The highest BCUT2D eigenvalue weighted by molar-refractivity contribution is 6.33. The van der Waals surface area contributed by atoms with Crippen LogP contribution in [0.1, 0.15) is 20.8 Å². The molecule has 0 aromatic heterocycles. The fraction of sp³-hybridized carbons (Fsp3) is 0.417. The minimum absolute atomic E-state index is 0.354. The lowest BCUT2D eigenvalue weighted by Gasteiger charge is -2.37. The SMILES string of the molecule is CC1(C)NC(=O)N(c2ccccc2Cl)C1(C)O. The molecule has 1 fully saturated rings. The highest BCUT2D eigenvalue weighted by Crippen LogP contribution is 2.38. The lowest BCUT2D eigenvalue weighted by Crippen LogP contribution is -2.55. The van der Waals surface area contributed by atoms with E-state index >= 15 is 0 Å². The van der Waals surface area contributed by atoms with Crippen LogP contribution in [-0.2, 0) is 0 Å². The molecule has 1 unspecified atom stereocenters. The van der Waals surface area contributed by atoms with Crippen LogP contribution in [0.5, 0.6) is 0 Å². The third-order valence-corrected chi connectivity index (χ3v) is 3.65. The van der Waals surface area contributed by atoms with Crippen LogP contribution in [0, 0.1) is 0 Å². The smallest absolute Gasteiger partial charge is 0.324 e. The summed E-state index contributed by atoms with van der Waals surface area (Å²) < 4.78 is 0. The first-order valence-corrected chi connectivity index (χ1v) is 5.74. The second-order valence-electron chi connectivity index (χ2n) is 4.86. The Balaban J connectivity index is 2.53. The van der Waals surface area contributed by atoms with E-state index in [0.717, 1.165) is 0 Å². The fourth-order valence-electron chi connectivity index (χ4n) is 1.90. The van der Waals surface area contributed by atoms with E-state index in [1.54, 1.807) is 45.0 Å². The number of benzene rings is 1. The number of anilines is 1. The van der Waals surface area contributed by atoms with Gasteiger partial charge in [0.1, 0.15) is 0 Å². The van der Waals surface area contributed by atoms with Crippen molar-refractivity contribution in [2.75, 3.05) is 4.90 Å². The highest BCUT2D eigenvalue weighted by atomic mass is 35.5. The molecule has 0 bridgehead atoms. The molecule has 1 aliphatic rings. The van der Waals surface area contributed by atoms with Crippen molar-refractivity contribution in [1.29, 1.82) is 0 Å². The molecule has 1 aromatic rings. The molecular formula is C12H15ClN2O2. The summed E-state index contributed by atoms with van der Waals surface area (Å²) in [6, 6.07) is 6.59. The lowest BCUT2D eigenvalue weighted by atomic mass is 9.93. The topological polar surface area (TPSA) is 52.6 Å². The maximum absolute atomic E-state index is 12.0. The van der Waals surface area contributed by atoms with Crippen molar-refractivity contribution >= 4 is 23.3 Å². The summed E-state index contributed by atoms with van der Waals surface area (Å²) >= 11 is 6.06. The van der Waals surface area contributed by atoms with Crippen LogP contribution in [0.3, 0.4) is 0 Å². The maximum atomic E-state index is 12.0. The van der Waals surface area contributed by atoms with Gasteiger partial charge in [0.15, 0.2) is 5.72 Å². The molecule has 0 radical (unpaired) electrons. The zero-order chi connectivity index (χ0) is 12.8. The van der Waals surface area contributed by atoms with E-state index in [9.17, 15) is 9.90 Å². The van der Waals surface area contributed by atoms with Gasteiger partial charge in [-0.2, -0.15) is 0 Å². The summed E-state index contributed by atoms with van der Waals surface area (Å²) in [4.78, 5) is 13.2. The Bertz CT molecular complexity index is 471. The average Bonchev–Trinajstić information content (AvgIpc) is 2.34. The van der Waals surface area contributed by atoms with Crippen LogP contribution in [0.15, 0.2) is 24.3 Å². The molecule has 0 aliphatic carbocycles. The van der Waals surface area contributed by atoms with Crippen molar-refractivity contribution in [3.05, 3.63) is 29.3 Å². The normalized spacial score (nSPS) is 27.1. The predicted octanol–water partition coefficient (Wildman–Crippen LogP) is 2.36. The number of urea groups is 1. The van der Waals surface area contributed by atoms with Crippen molar-refractivity contribution in [3.8, 4) is 0 Å². The monoisotopic (exact) mass is 254 g/mol. The second kappa shape index (κ2) is 3.62. The van der Waals surface area contributed by atoms with Gasteiger partial charge in [-0.25, -0.2) is 4.79 Å². The third kappa shape index (κ3) is 1.68. The van der Waals surface area contributed by atoms with Crippen LogP contribution < -0.4 is 10.2 Å². The number of para-hydroxylation sites is 1. The van der Waals surface area contributed by atoms with Gasteiger partial charge < -0.3 is 10.4 Å². The number of rotatable bonds is 1. The molecule has 1 aliphatic heterocycles. The molecule has 1 saturated heterocycles. The largest absolute Gasteiger partial charge is 0.368 e. The Labute approximate surface area is 105 Å². The van der Waals surface area contributed by atoms with Crippen molar-refractivity contribution in [2.24, 2.45) is 0 Å². The Hall–Kier alpha value is -1.26. The number of nitrogens with zero attached hydrogens (tertiary/aromatic N) is 1. The quantitative estimate of drug-likeness (QED) is 0.808. The van der Waals surface area contributed by atoms with Gasteiger partial charge in [-0.05, 0) is 32.9 Å². The molecule has 2 amide bonds. The van der Waals surface area contributed by atoms with Gasteiger partial charge in [-0.1, -0.05) is 23.7 Å². The number of halogens is 1. The molecule has 1 atom stereocenters. The van der Waals surface area contributed by atoms with E-state index in [-0.39, 0.29) is 6.03 Å². The van der Waals surface area contributed by atoms with Gasteiger partial charge in [0.25, 0.3) is 0 Å². The van der Waals surface area contributed by atoms with Crippen molar-refractivity contribution < 1.29 is 9.90 Å². The number of carbonyl (C=O) groups is 1. The standard InChI is InChI=1S/C12H15ClN2O2/c1-11(2)12(3,17)15(10(16)14-11)9-7-5-4-6-8(9)13/h4-7,17H,1-3H3,(H,14,16). The summed E-state index contributed by atoms with van der Waals surface area (Å²) in [6.07, 6.45) is 0. The number of carbonyl (C=O) groups excluding carboxylic acids is 1. The maximum Gasteiger partial charge on any atom is 0.324 e. The lowest BCUT2D eigenvalue weighted by molar-refractivity contribution is 0.0132. The zero-order valence-electron chi connectivity index (χ0n) is 9.99. The van der Waals surface area contributed by atoms with Crippen LogP contribution in [0.4, 0.5) is 10.5 Å². The molecule has 2 rings (SSSR count). The predicted molar refractivity (Wildman–Crippen MR) is 67.2 cm³/mol. The van der Waals surface area contributed by atoms with Gasteiger partial charge in [0.05, 0.1) is 16.2 Å². The second-order valence-corrected chi connectivity index (χ2v) is 5.27. The number of amides is 2. The zero-order valence-corrected chi connectivity index (χ0v) is 10.7. The molecule has 1 heterocycles. The van der Waals surface area contributed by atoms with Crippen molar-refractivity contribution in [3.63, 3.8) is 0 Å². The van der Waals surface area contributed by atoms with Crippen LogP contribution in [0.2, 0.25) is 5.02 Å². The Kier molecular flexibility index (Phi) is 2.60. The number of aliphatic hydroxyl groups is 1. The number of hydrogen-bond donors (Lipinski definition) is 2. The molecule has 92 valence electrons. The summed E-state index contributed by atoms with van der Waals surface area (Å²) in [5, 5.41) is 13.7. The Morgan fingerprint density at radius 2 is 1.88 bits per heavy atom. The minimum atomic E-state index is -1.34. The first-order chi connectivity index (χ1) is 7.77. The van der Waals surface area contributed by atoms with E-state index in [1.807, 2.05) is 0 Å². The summed E-state index contributed by atoms with van der Waals surface area (Å²) in [6.45, 7) is 5.12. The van der Waals surface area contributed by atoms with E-state index < -0.39 is 11.3 Å². The highest BCUT2D eigenvalue weighted by Gasteiger charge is 2.54. The molecule has 2 N–H and O–H groups in total. The third-order valence-electron chi connectivity index (χ3n) is 3.34. The Morgan fingerprint density at radius 1 is 1.29 bits per heavy atom.